The lowest BCUT2D eigenvalue weighted by atomic mass is 10.2. The fraction of sp³-hybridized carbons (Fsp3) is 0.750. The van der Waals surface area contributed by atoms with Crippen LogP contribution in [0.4, 0.5) is 4.79 Å². The first-order chi connectivity index (χ1) is 9.37. The minimum Gasteiger partial charge on any atom is -0.480 e. The van der Waals surface area contributed by atoms with Gasteiger partial charge in [0.25, 0.3) is 0 Å². The van der Waals surface area contributed by atoms with E-state index in [2.05, 4.69) is 10.6 Å². The number of carboxylic acids is 1. The summed E-state index contributed by atoms with van der Waals surface area (Å²) in [6.45, 7) is 5.90. The summed E-state index contributed by atoms with van der Waals surface area (Å²) < 4.78 is 0. The zero-order valence-corrected chi connectivity index (χ0v) is 12.0. The summed E-state index contributed by atoms with van der Waals surface area (Å²) in [6.07, 6.45) is -0.0961. The van der Waals surface area contributed by atoms with Crippen LogP contribution in [0.1, 0.15) is 27.2 Å². The van der Waals surface area contributed by atoms with Gasteiger partial charge in [-0.05, 0) is 20.8 Å². The third-order valence-electron chi connectivity index (χ3n) is 2.81. The molecule has 0 heterocycles. The van der Waals surface area contributed by atoms with Gasteiger partial charge < -0.3 is 25.7 Å². The van der Waals surface area contributed by atoms with Gasteiger partial charge in [0, 0.05) is 26.1 Å². The van der Waals surface area contributed by atoms with Gasteiger partial charge in [-0.2, -0.15) is 0 Å². The molecule has 0 fully saturated rings. The number of aliphatic carboxylic acids is 1. The van der Waals surface area contributed by atoms with E-state index >= 15 is 0 Å². The first-order valence-corrected chi connectivity index (χ1v) is 6.56. The van der Waals surface area contributed by atoms with Crippen molar-refractivity contribution in [2.45, 2.75) is 39.3 Å². The maximum atomic E-state index is 11.9. The van der Waals surface area contributed by atoms with E-state index in [-0.39, 0.29) is 18.9 Å². The third-order valence-corrected chi connectivity index (χ3v) is 2.81. The Morgan fingerprint density at radius 3 is 2.10 bits per heavy atom. The molecule has 8 nitrogen and oxygen atoms in total. The summed E-state index contributed by atoms with van der Waals surface area (Å²) in [4.78, 5) is 35.9. The number of aliphatic hydroxyl groups is 1. The minimum atomic E-state index is -1.24. The molecule has 0 spiro atoms. The standard InChI is InChI=1S/C12H23N3O5/c1-4-15(5-2)10(17)8(3)13-12(20)14-9(6-7-16)11(18)19/h8-9,16H,4-7H2,1-3H3,(H,18,19)(H2,13,14,20)/t8?,9-/m1/s1. The first-order valence-electron chi connectivity index (χ1n) is 6.56. The van der Waals surface area contributed by atoms with Crippen LogP contribution in [0.3, 0.4) is 0 Å². The number of carbonyl (C=O) groups is 3. The van der Waals surface area contributed by atoms with Gasteiger partial charge in [0.2, 0.25) is 5.91 Å². The fourth-order valence-corrected chi connectivity index (χ4v) is 1.65. The number of urea groups is 1. The van der Waals surface area contributed by atoms with E-state index < -0.39 is 24.1 Å². The third kappa shape index (κ3) is 5.87. The Morgan fingerprint density at radius 2 is 1.70 bits per heavy atom. The number of likely N-dealkylation sites (N-methyl/N-ethyl adjacent to an activating group) is 1. The monoisotopic (exact) mass is 289 g/mol. The molecule has 0 aliphatic carbocycles. The maximum absolute atomic E-state index is 11.9. The van der Waals surface area contributed by atoms with Gasteiger partial charge in [0.1, 0.15) is 12.1 Å². The van der Waals surface area contributed by atoms with Gasteiger partial charge in [-0.1, -0.05) is 0 Å². The Labute approximate surface area is 118 Å². The summed E-state index contributed by atoms with van der Waals surface area (Å²) in [5.41, 5.74) is 0. The number of carboxylic acid groups (broad SMARTS) is 1. The van der Waals surface area contributed by atoms with Crippen molar-refractivity contribution in [1.82, 2.24) is 15.5 Å². The number of carbonyl (C=O) groups excluding carboxylic acids is 2. The summed E-state index contributed by atoms with van der Waals surface area (Å²) in [5, 5.41) is 22.1. The second-order valence-electron chi connectivity index (χ2n) is 4.25. The number of rotatable bonds is 8. The number of nitrogens with zero attached hydrogens (tertiary/aromatic N) is 1. The van der Waals surface area contributed by atoms with Gasteiger partial charge >= 0.3 is 12.0 Å². The summed E-state index contributed by atoms with van der Waals surface area (Å²) >= 11 is 0. The van der Waals surface area contributed by atoms with E-state index in [1.165, 1.54) is 6.92 Å². The van der Waals surface area contributed by atoms with Crippen molar-refractivity contribution in [3.8, 4) is 0 Å². The zero-order chi connectivity index (χ0) is 15.7. The van der Waals surface area contributed by atoms with Crippen molar-refractivity contribution in [3.05, 3.63) is 0 Å². The maximum Gasteiger partial charge on any atom is 0.326 e. The van der Waals surface area contributed by atoms with Crippen LogP contribution in [0, 0.1) is 0 Å². The predicted octanol–water partition coefficient (Wildman–Crippen LogP) is -0.622. The molecule has 4 N–H and O–H groups in total. The highest BCUT2D eigenvalue weighted by Gasteiger charge is 2.23. The van der Waals surface area contributed by atoms with Crippen molar-refractivity contribution in [1.29, 1.82) is 0 Å². The van der Waals surface area contributed by atoms with Gasteiger partial charge in [0.05, 0.1) is 0 Å². The Hall–Kier alpha value is -1.83. The average Bonchev–Trinajstić information content (AvgIpc) is 2.39. The molecule has 0 radical (unpaired) electrons. The molecule has 0 aliphatic heterocycles. The van der Waals surface area contributed by atoms with Gasteiger partial charge in [-0.3, -0.25) is 4.79 Å². The van der Waals surface area contributed by atoms with Crippen LogP contribution in [0.15, 0.2) is 0 Å². The van der Waals surface area contributed by atoms with Crippen LogP contribution in [-0.2, 0) is 9.59 Å². The summed E-state index contributed by atoms with van der Waals surface area (Å²) in [5.74, 6) is -1.48. The van der Waals surface area contributed by atoms with Crippen LogP contribution in [0.25, 0.3) is 0 Å². The molecule has 0 saturated heterocycles. The fourth-order valence-electron chi connectivity index (χ4n) is 1.65. The first kappa shape index (κ1) is 18.2. The van der Waals surface area contributed by atoms with E-state index in [1.807, 2.05) is 13.8 Å². The second kappa shape index (κ2) is 9.13. The van der Waals surface area contributed by atoms with Crippen molar-refractivity contribution in [3.63, 3.8) is 0 Å². The highest BCUT2D eigenvalue weighted by molar-refractivity contribution is 5.88. The van der Waals surface area contributed by atoms with Gasteiger partial charge in [-0.25, -0.2) is 9.59 Å². The van der Waals surface area contributed by atoms with Crippen molar-refractivity contribution >= 4 is 17.9 Å². The molecular weight excluding hydrogens is 266 g/mol. The molecule has 0 bridgehead atoms. The lowest BCUT2D eigenvalue weighted by molar-refractivity contribution is -0.139. The molecule has 8 heteroatoms. The van der Waals surface area contributed by atoms with Crippen LogP contribution in [-0.4, -0.2) is 64.8 Å². The summed E-state index contributed by atoms with van der Waals surface area (Å²) in [7, 11) is 0. The Morgan fingerprint density at radius 1 is 1.15 bits per heavy atom. The zero-order valence-electron chi connectivity index (χ0n) is 12.0. The number of hydrogen-bond acceptors (Lipinski definition) is 4. The second-order valence-corrected chi connectivity index (χ2v) is 4.25. The molecule has 0 rings (SSSR count). The van der Waals surface area contributed by atoms with Crippen molar-refractivity contribution in [2.75, 3.05) is 19.7 Å². The van der Waals surface area contributed by atoms with E-state index in [4.69, 9.17) is 10.2 Å². The highest BCUT2D eigenvalue weighted by atomic mass is 16.4. The van der Waals surface area contributed by atoms with E-state index in [0.717, 1.165) is 0 Å². The normalized spacial score (nSPS) is 13.2. The van der Waals surface area contributed by atoms with Crippen LogP contribution in [0.5, 0.6) is 0 Å². The number of hydrogen-bond donors (Lipinski definition) is 4. The quantitative estimate of drug-likeness (QED) is 0.475. The molecular formula is C12H23N3O5. The molecule has 0 aromatic heterocycles. The Kier molecular flexibility index (Phi) is 8.30. The molecule has 0 aromatic carbocycles. The van der Waals surface area contributed by atoms with Gasteiger partial charge in [0.15, 0.2) is 0 Å². The van der Waals surface area contributed by atoms with E-state index in [1.54, 1.807) is 4.90 Å². The number of nitrogens with one attached hydrogen (secondary N) is 2. The van der Waals surface area contributed by atoms with Crippen LogP contribution in [0.2, 0.25) is 0 Å². The minimum absolute atomic E-state index is 0.0961. The largest absolute Gasteiger partial charge is 0.480 e. The van der Waals surface area contributed by atoms with Crippen LogP contribution < -0.4 is 10.6 Å². The predicted molar refractivity (Wildman–Crippen MR) is 72.2 cm³/mol. The molecule has 2 atom stereocenters. The van der Waals surface area contributed by atoms with Crippen molar-refractivity contribution < 1.29 is 24.6 Å². The van der Waals surface area contributed by atoms with E-state index in [9.17, 15) is 14.4 Å². The van der Waals surface area contributed by atoms with Crippen molar-refractivity contribution in [2.24, 2.45) is 0 Å². The smallest absolute Gasteiger partial charge is 0.326 e. The molecule has 0 aromatic rings. The highest BCUT2D eigenvalue weighted by Crippen LogP contribution is 1.96. The lowest BCUT2D eigenvalue weighted by Crippen LogP contribution is -2.53. The molecule has 3 amide bonds. The Balaban J connectivity index is 4.44. The average molecular weight is 289 g/mol. The molecule has 20 heavy (non-hydrogen) atoms. The lowest BCUT2D eigenvalue weighted by Gasteiger charge is -2.24. The van der Waals surface area contributed by atoms with Crippen LogP contribution >= 0.6 is 0 Å². The summed E-state index contributed by atoms with van der Waals surface area (Å²) in [6, 6.07) is -2.69. The number of amides is 3. The molecule has 0 aliphatic rings. The van der Waals surface area contributed by atoms with E-state index in [0.29, 0.717) is 13.1 Å². The Bertz CT molecular complexity index is 344. The van der Waals surface area contributed by atoms with Gasteiger partial charge in [-0.15, -0.1) is 0 Å². The SMILES string of the molecule is CCN(CC)C(=O)C(C)NC(=O)N[C@H](CCO)C(=O)O. The molecule has 0 saturated carbocycles. The molecule has 116 valence electrons. The number of aliphatic hydroxyl groups excluding tert-OH is 1. The molecule has 1 unspecified atom stereocenters. The topological polar surface area (TPSA) is 119 Å².